The molecule has 0 bridgehead atoms. The van der Waals surface area contributed by atoms with Gasteiger partial charge in [-0.15, -0.1) is 0 Å². The minimum atomic E-state index is -0.276. The lowest BCUT2D eigenvalue weighted by atomic mass is 9.93. The Morgan fingerprint density at radius 1 is 1.40 bits per heavy atom. The molecular formula is C13H14O2. The number of hydrogen-bond donors (Lipinski definition) is 0. The molecule has 1 aliphatic heterocycles. The van der Waals surface area contributed by atoms with Gasteiger partial charge in [0.25, 0.3) is 0 Å². The third-order valence-electron chi connectivity index (χ3n) is 3.78. The maximum atomic E-state index is 11.9. The van der Waals surface area contributed by atoms with Crippen LogP contribution >= 0.6 is 0 Å². The quantitative estimate of drug-likeness (QED) is 0.688. The Labute approximate surface area is 89.2 Å². The smallest absolute Gasteiger partial charge is 0.317 e. The molecule has 0 unspecified atom stereocenters. The minimum absolute atomic E-state index is 0.00875. The lowest BCUT2D eigenvalue weighted by molar-refractivity contribution is -0.146. The summed E-state index contributed by atoms with van der Waals surface area (Å²) in [5, 5.41) is 0. The largest absolute Gasteiger partial charge is 0.461 e. The molecule has 78 valence electrons. The minimum Gasteiger partial charge on any atom is -0.461 e. The monoisotopic (exact) mass is 202 g/mol. The number of benzene rings is 1. The Hall–Kier alpha value is -1.31. The van der Waals surface area contributed by atoms with Gasteiger partial charge in [-0.05, 0) is 18.4 Å². The van der Waals surface area contributed by atoms with Crippen LogP contribution in [-0.4, -0.2) is 12.1 Å². The van der Waals surface area contributed by atoms with E-state index in [4.69, 9.17) is 4.74 Å². The Bertz CT molecular complexity index is 398. The average molecular weight is 202 g/mol. The van der Waals surface area contributed by atoms with Crippen LogP contribution in [0.15, 0.2) is 30.3 Å². The van der Waals surface area contributed by atoms with Gasteiger partial charge < -0.3 is 4.74 Å². The molecule has 0 aromatic heterocycles. The molecule has 3 atom stereocenters. The fourth-order valence-corrected chi connectivity index (χ4v) is 2.85. The zero-order valence-electron chi connectivity index (χ0n) is 8.77. The van der Waals surface area contributed by atoms with Crippen LogP contribution < -0.4 is 0 Å². The molecule has 0 spiro atoms. The third-order valence-corrected chi connectivity index (χ3v) is 3.78. The summed E-state index contributed by atoms with van der Waals surface area (Å²) in [5.74, 6) is 0.419. The predicted molar refractivity (Wildman–Crippen MR) is 56.4 cm³/mol. The van der Waals surface area contributed by atoms with Gasteiger partial charge in [-0.1, -0.05) is 37.3 Å². The summed E-state index contributed by atoms with van der Waals surface area (Å²) >= 11 is 0. The predicted octanol–water partition coefficient (Wildman–Crippen LogP) is 2.28. The molecule has 1 aromatic rings. The molecule has 1 aliphatic carbocycles. The van der Waals surface area contributed by atoms with Gasteiger partial charge in [0.15, 0.2) is 0 Å². The van der Waals surface area contributed by atoms with Crippen LogP contribution in [-0.2, 0) is 14.9 Å². The highest BCUT2D eigenvalue weighted by Crippen LogP contribution is 2.62. The van der Waals surface area contributed by atoms with Gasteiger partial charge in [-0.2, -0.15) is 0 Å². The molecule has 1 saturated heterocycles. The Kier molecular flexibility index (Phi) is 1.70. The fraction of sp³-hybridized carbons (Fsp3) is 0.462. The molecule has 0 amide bonds. The number of carbonyl (C=O) groups excluding carboxylic acids is 1. The molecule has 2 fully saturated rings. The third kappa shape index (κ3) is 1.02. The summed E-state index contributed by atoms with van der Waals surface area (Å²) < 4.78 is 5.39. The normalized spacial score (nSPS) is 37.3. The summed E-state index contributed by atoms with van der Waals surface area (Å²) in [6, 6.07) is 10.0. The number of cyclic esters (lactones) is 1. The van der Waals surface area contributed by atoms with E-state index in [1.165, 1.54) is 0 Å². The van der Waals surface area contributed by atoms with Crippen molar-refractivity contribution in [3.63, 3.8) is 0 Å². The van der Waals surface area contributed by atoms with Crippen molar-refractivity contribution in [1.82, 2.24) is 0 Å². The van der Waals surface area contributed by atoms with Crippen molar-refractivity contribution in [2.75, 3.05) is 0 Å². The Morgan fingerprint density at radius 2 is 2.13 bits per heavy atom. The van der Waals surface area contributed by atoms with Crippen LogP contribution in [0.1, 0.15) is 25.3 Å². The highest BCUT2D eigenvalue weighted by atomic mass is 16.6. The first kappa shape index (κ1) is 8.96. The van der Waals surface area contributed by atoms with Crippen LogP contribution in [0.25, 0.3) is 0 Å². The maximum Gasteiger partial charge on any atom is 0.317 e. The first-order valence-electron chi connectivity index (χ1n) is 5.55. The molecule has 0 N–H and O–H groups in total. The molecule has 15 heavy (non-hydrogen) atoms. The van der Waals surface area contributed by atoms with E-state index in [-0.39, 0.29) is 17.5 Å². The summed E-state index contributed by atoms with van der Waals surface area (Å²) in [4.78, 5) is 11.9. The number of carbonyl (C=O) groups is 1. The summed E-state index contributed by atoms with van der Waals surface area (Å²) in [6.45, 7) is 2.08. The van der Waals surface area contributed by atoms with Crippen molar-refractivity contribution in [2.24, 2.45) is 5.92 Å². The van der Waals surface area contributed by atoms with E-state index in [2.05, 4.69) is 6.92 Å². The fourth-order valence-electron chi connectivity index (χ4n) is 2.85. The number of hydrogen-bond acceptors (Lipinski definition) is 2. The molecule has 2 aliphatic rings. The van der Waals surface area contributed by atoms with Gasteiger partial charge in [0.1, 0.15) is 6.10 Å². The van der Waals surface area contributed by atoms with Gasteiger partial charge in [0.2, 0.25) is 0 Å². The van der Waals surface area contributed by atoms with Gasteiger partial charge in [0.05, 0.1) is 5.41 Å². The number of rotatable bonds is 2. The van der Waals surface area contributed by atoms with Gasteiger partial charge in [-0.3, -0.25) is 4.79 Å². The molecule has 0 radical (unpaired) electrons. The van der Waals surface area contributed by atoms with E-state index in [0.29, 0.717) is 5.92 Å². The second-order valence-electron chi connectivity index (χ2n) is 4.50. The summed E-state index contributed by atoms with van der Waals surface area (Å²) in [6.07, 6.45) is 2.07. The molecule has 1 saturated carbocycles. The maximum absolute atomic E-state index is 11.9. The second-order valence-corrected chi connectivity index (χ2v) is 4.50. The van der Waals surface area contributed by atoms with E-state index >= 15 is 0 Å². The zero-order valence-corrected chi connectivity index (χ0v) is 8.77. The molecule has 2 nitrogen and oxygen atoms in total. The molecule has 2 heteroatoms. The number of ether oxygens (including phenoxy) is 1. The van der Waals surface area contributed by atoms with Crippen molar-refractivity contribution in [1.29, 1.82) is 0 Å². The highest BCUT2D eigenvalue weighted by molar-refractivity contribution is 5.90. The Morgan fingerprint density at radius 3 is 2.67 bits per heavy atom. The SMILES string of the molecule is CC[C@H]1OC(=O)[C@@]2(c3ccccc3)C[C@@H]12. The van der Waals surface area contributed by atoms with Crippen molar-refractivity contribution in [2.45, 2.75) is 31.3 Å². The van der Waals surface area contributed by atoms with E-state index in [9.17, 15) is 4.79 Å². The standard InChI is InChI=1S/C13H14O2/c1-2-11-10-8-13(10,12(14)15-11)9-6-4-3-5-7-9/h3-7,10-11H,2,8H2,1H3/t10-,11+,13+/m0/s1. The van der Waals surface area contributed by atoms with E-state index in [0.717, 1.165) is 18.4 Å². The Balaban J connectivity index is 1.99. The van der Waals surface area contributed by atoms with Crippen LogP contribution in [0, 0.1) is 5.92 Å². The van der Waals surface area contributed by atoms with Crippen molar-refractivity contribution in [3.8, 4) is 0 Å². The lowest BCUT2D eigenvalue weighted by Crippen LogP contribution is -2.18. The first-order chi connectivity index (χ1) is 7.29. The van der Waals surface area contributed by atoms with Gasteiger partial charge in [-0.25, -0.2) is 0 Å². The van der Waals surface area contributed by atoms with E-state index in [1.54, 1.807) is 0 Å². The van der Waals surface area contributed by atoms with Crippen molar-refractivity contribution in [3.05, 3.63) is 35.9 Å². The summed E-state index contributed by atoms with van der Waals surface area (Å²) in [5.41, 5.74) is 0.859. The first-order valence-corrected chi connectivity index (χ1v) is 5.55. The lowest BCUT2D eigenvalue weighted by Gasteiger charge is -2.09. The van der Waals surface area contributed by atoms with Crippen molar-refractivity contribution < 1.29 is 9.53 Å². The van der Waals surface area contributed by atoms with Gasteiger partial charge in [0, 0.05) is 5.92 Å². The topological polar surface area (TPSA) is 26.3 Å². The highest BCUT2D eigenvalue weighted by Gasteiger charge is 2.70. The second kappa shape index (κ2) is 2.84. The van der Waals surface area contributed by atoms with E-state index < -0.39 is 0 Å². The van der Waals surface area contributed by atoms with Crippen LogP contribution in [0.3, 0.4) is 0 Å². The summed E-state index contributed by atoms with van der Waals surface area (Å²) in [7, 11) is 0. The van der Waals surface area contributed by atoms with E-state index in [1.807, 2.05) is 30.3 Å². The molecule has 1 aromatic carbocycles. The average Bonchev–Trinajstić information content (AvgIpc) is 2.98. The van der Waals surface area contributed by atoms with Crippen LogP contribution in [0.5, 0.6) is 0 Å². The molecular weight excluding hydrogens is 188 g/mol. The van der Waals surface area contributed by atoms with Crippen molar-refractivity contribution >= 4 is 5.97 Å². The van der Waals surface area contributed by atoms with Crippen LogP contribution in [0.2, 0.25) is 0 Å². The van der Waals surface area contributed by atoms with Gasteiger partial charge >= 0.3 is 5.97 Å². The zero-order chi connectivity index (χ0) is 10.5. The molecule has 3 rings (SSSR count). The molecule has 1 heterocycles. The number of esters is 1. The van der Waals surface area contributed by atoms with Crippen LogP contribution in [0.4, 0.5) is 0 Å². The number of fused-ring (bicyclic) bond motifs is 1.